The van der Waals surface area contributed by atoms with Crippen molar-refractivity contribution in [3.63, 3.8) is 0 Å². The topological polar surface area (TPSA) is 106 Å². The van der Waals surface area contributed by atoms with Gasteiger partial charge in [-0.15, -0.1) is 18.3 Å². The Kier molecular flexibility index (Phi) is 8.01. The minimum Gasteiger partial charge on any atom is -0.497 e. The Morgan fingerprint density at radius 2 is 1.89 bits per heavy atom. The molecule has 10 nitrogen and oxygen atoms in total. The lowest BCUT2D eigenvalue weighted by Crippen LogP contribution is -2.28. The highest BCUT2D eigenvalue weighted by Gasteiger charge is 2.34. The molecular weight excluding hydrogens is 614 g/mol. The number of thioether (sulfide) groups is 1. The van der Waals surface area contributed by atoms with Crippen molar-refractivity contribution in [3.8, 4) is 28.6 Å². The third-order valence-electron chi connectivity index (χ3n) is 6.89. The van der Waals surface area contributed by atoms with Crippen LogP contribution < -0.4 is 19.8 Å². The molecule has 0 radical (unpaired) electrons. The van der Waals surface area contributed by atoms with Crippen LogP contribution in [0.3, 0.4) is 0 Å². The van der Waals surface area contributed by atoms with E-state index in [4.69, 9.17) is 4.74 Å². The second kappa shape index (κ2) is 12.1. The number of amides is 2. The van der Waals surface area contributed by atoms with Crippen molar-refractivity contribution in [2.45, 2.75) is 19.2 Å². The molecule has 0 spiro atoms. The number of allylic oxidation sites excluding steroid dienone is 1. The number of methoxy groups -OCH3 is 1. The van der Waals surface area contributed by atoms with Crippen molar-refractivity contribution in [1.82, 2.24) is 20.2 Å². The average Bonchev–Trinajstić information content (AvgIpc) is 3.65. The van der Waals surface area contributed by atoms with Gasteiger partial charge in [0.1, 0.15) is 23.6 Å². The van der Waals surface area contributed by atoms with Crippen LogP contribution in [-0.4, -0.2) is 51.4 Å². The number of ether oxygens (including phenoxy) is 2. The summed E-state index contributed by atoms with van der Waals surface area (Å²) in [5, 5.41) is 8.62. The fourth-order valence-corrected chi connectivity index (χ4v) is 5.82. The van der Waals surface area contributed by atoms with E-state index in [9.17, 15) is 22.4 Å². The van der Waals surface area contributed by atoms with E-state index in [1.54, 1.807) is 13.2 Å². The molecule has 2 aliphatic heterocycles. The number of carbonyl (C=O) groups is 1. The van der Waals surface area contributed by atoms with Crippen molar-refractivity contribution >= 4 is 34.9 Å². The fourth-order valence-electron chi connectivity index (χ4n) is 4.82. The smallest absolute Gasteiger partial charge is 0.497 e. The third kappa shape index (κ3) is 6.52. The zero-order chi connectivity index (χ0) is 31.7. The maximum atomic E-state index is 14.9. The molecule has 15 heteroatoms. The number of amidine groups is 1. The van der Waals surface area contributed by atoms with Crippen LogP contribution in [0, 0.1) is 5.82 Å². The molecule has 45 heavy (non-hydrogen) atoms. The number of fused-ring (bicyclic) bond motifs is 3. The maximum absolute atomic E-state index is 14.9. The zero-order valence-electron chi connectivity index (χ0n) is 23.6. The summed E-state index contributed by atoms with van der Waals surface area (Å²) < 4.78 is 62.7. The molecule has 1 saturated heterocycles. The Labute approximate surface area is 258 Å². The Morgan fingerprint density at radius 1 is 1.11 bits per heavy atom. The molecule has 3 aromatic carbocycles. The normalized spacial score (nSPS) is 16.8. The standard InChI is InChI=1S/C30H23F4N7O3S/c1-17-11-21-15-45-29(41(21)26-13-23(43-2)9-10-24(17)26)37-28(42)38-36-14-19-4-3-18(12-25(19)31)27-35-16-40(39-27)20-5-7-22(8-6-20)44-30(32,33)34/h3-14,16-17H,15H2,1-2H3,(H,38,42)/b36-14+,37-29?. The van der Waals surface area contributed by atoms with E-state index in [0.717, 1.165) is 35.3 Å². The average molecular weight is 638 g/mol. The molecule has 0 saturated carbocycles. The fraction of sp³-hybridized carbons (Fsp3) is 0.167. The number of nitrogens with zero attached hydrogens (tertiary/aromatic N) is 6. The molecule has 1 N–H and O–H groups in total. The summed E-state index contributed by atoms with van der Waals surface area (Å²) in [6.07, 6.45) is -0.153. The number of aliphatic imine (C=N–C) groups is 1. The van der Waals surface area contributed by atoms with Crippen molar-refractivity contribution in [3.05, 3.63) is 95.7 Å². The van der Waals surface area contributed by atoms with Gasteiger partial charge in [-0.3, -0.25) is 4.90 Å². The highest BCUT2D eigenvalue weighted by molar-refractivity contribution is 8.14. The minimum atomic E-state index is -4.80. The number of hydrogen-bond acceptors (Lipinski definition) is 7. The van der Waals surface area contributed by atoms with Gasteiger partial charge in [0.05, 0.1) is 24.7 Å². The number of benzene rings is 3. The summed E-state index contributed by atoms with van der Waals surface area (Å²) in [5.74, 6) is 0.719. The lowest BCUT2D eigenvalue weighted by molar-refractivity contribution is -0.274. The number of hydrogen-bond donors (Lipinski definition) is 1. The number of anilines is 1. The van der Waals surface area contributed by atoms with Crippen LogP contribution in [0.25, 0.3) is 17.1 Å². The Bertz CT molecular complexity index is 1850. The van der Waals surface area contributed by atoms with E-state index in [-0.39, 0.29) is 23.1 Å². The van der Waals surface area contributed by atoms with Gasteiger partial charge in [0.2, 0.25) is 0 Å². The number of rotatable bonds is 6. The van der Waals surface area contributed by atoms with Gasteiger partial charge in [-0.1, -0.05) is 36.9 Å². The summed E-state index contributed by atoms with van der Waals surface area (Å²) >= 11 is 1.42. The predicted molar refractivity (Wildman–Crippen MR) is 161 cm³/mol. The molecule has 4 aromatic rings. The first-order chi connectivity index (χ1) is 21.6. The number of nitrogens with one attached hydrogen (secondary N) is 1. The van der Waals surface area contributed by atoms with Crippen LogP contribution in [0.15, 0.2) is 88.9 Å². The minimum absolute atomic E-state index is 0.0953. The van der Waals surface area contributed by atoms with Gasteiger partial charge in [-0.25, -0.2) is 24.3 Å². The van der Waals surface area contributed by atoms with E-state index in [0.29, 0.717) is 27.9 Å². The van der Waals surface area contributed by atoms with Crippen molar-refractivity contribution in [1.29, 1.82) is 0 Å². The second-order valence-corrected chi connectivity index (χ2v) is 10.8. The molecule has 1 aromatic heterocycles. The van der Waals surface area contributed by atoms with Crippen LogP contribution in [0.5, 0.6) is 11.5 Å². The van der Waals surface area contributed by atoms with Crippen LogP contribution >= 0.6 is 11.8 Å². The van der Waals surface area contributed by atoms with Crippen LogP contribution in [0.4, 0.5) is 28.0 Å². The van der Waals surface area contributed by atoms with Gasteiger partial charge in [0.25, 0.3) is 0 Å². The highest BCUT2D eigenvalue weighted by Crippen LogP contribution is 2.44. The number of halogens is 4. The third-order valence-corrected chi connectivity index (χ3v) is 7.86. The summed E-state index contributed by atoms with van der Waals surface area (Å²) in [5.41, 5.74) is 6.20. The van der Waals surface area contributed by atoms with E-state index in [1.165, 1.54) is 47.0 Å². The zero-order valence-corrected chi connectivity index (χ0v) is 24.4. The van der Waals surface area contributed by atoms with Gasteiger partial charge in [0, 0.05) is 34.6 Å². The Balaban J connectivity index is 1.11. The van der Waals surface area contributed by atoms with Gasteiger partial charge < -0.3 is 9.47 Å². The summed E-state index contributed by atoms with van der Waals surface area (Å²) in [6, 6.07) is 14.4. The van der Waals surface area contributed by atoms with Gasteiger partial charge in [0.15, 0.2) is 11.0 Å². The van der Waals surface area contributed by atoms with Crippen molar-refractivity contribution < 1.29 is 31.8 Å². The lowest BCUT2D eigenvalue weighted by Gasteiger charge is -2.30. The molecular formula is C30H23F4N7O3S. The number of carbonyl (C=O) groups excluding carboxylic acids is 1. The molecule has 0 bridgehead atoms. The van der Waals surface area contributed by atoms with Crippen LogP contribution in [0.1, 0.15) is 24.0 Å². The van der Waals surface area contributed by atoms with Crippen LogP contribution in [-0.2, 0) is 0 Å². The maximum Gasteiger partial charge on any atom is 0.573 e. The van der Waals surface area contributed by atoms with E-state index in [2.05, 4.69) is 43.3 Å². The molecule has 230 valence electrons. The number of urea groups is 1. The van der Waals surface area contributed by atoms with Gasteiger partial charge in [-0.05, 0) is 48.0 Å². The Hall–Kier alpha value is -5.18. The van der Waals surface area contributed by atoms with Crippen LogP contribution in [0.2, 0.25) is 0 Å². The molecule has 0 aliphatic carbocycles. The Morgan fingerprint density at radius 3 is 2.62 bits per heavy atom. The molecule has 1 unspecified atom stereocenters. The van der Waals surface area contributed by atoms with Crippen molar-refractivity contribution in [2.24, 2.45) is 10.1 Å². The SMILES string of the molecule is COc1ccc2c(c1)N1C(=CC2C)CSC1=NC(=O)N/N=C/c1ccc(-c2ncn(-c3ccc(OC(F)(F)F)cc3)n2)cc1F. The molecule has 1 atom stereocenters. The lowest BCUT2D eigenvalue weighted by atomic mass is 9.94. The van der Waals surface area contributed by atoms with E-state index < -0.39 is 18.2 Å². The summed E-state index contributed by atoms with van der Waals surface area (Å²) in [6.45, 7) is 2.11. The van der Waals surface area contributed by atoms with Crippen molar-refractivity contribution in [2.75, 3.05) is 17.8 Å². The monoisotopic (exact) mass is 637 g/mol. The van der Waals surface area contributed by atoms with E-state index in [1.807, 2.05) is 23.1 Å². The quantitative estimate of drug-likeness (QED) is 0.144. The largest absolute Gasteiger partial charge is 0.573 e. The molecule has 3 heterocycles. The van der Waals surface area contributed by atoms with Gasteiger partial charge >= 0.3 is 12.4 Å². The number of alkyl halides is 3. The number of hydrazone groups is 1. The first-order valence-corrected chi connectivity index (χ1v) is 14.4. The molecule has 2 aliphatic rings. The molecule has 6 rings (SSSR count). The predicted octanol–water partition coefficient (Wildman–Crippen LogP) is 6.63. The summed E-state index contributed by atoms with van der Waals surface area (Å²) in [4.78, 5) is 22.9. The molecule has 2 amide bonds. The first kappa shape index (κ1) is 29.9. The molecule has 1 fully saturated rings. The first-order valence-electron chi connectivity index (χ1n) is 13.4. The van der Waals surface area contributed by atoms with E-state index >= 15 is 0 Å². The number of aromatic nitrogens is 3. The highest BCUT2D eigenvalue weighted by atomic mass is 32.2. The summed E-state index contributed by atoms with van der Waals surface area (Å²) in [7, 11) is 1.59. The van der Waals surface area contributed by atoms with Gasteiger partial charge in [-0.2, -0.15) is 10.1 Å². The second-order valence-electron chi connectivity index (χ2n) is 9.86.